The van der Waals surface area contributed by atoms with Gasteiger partial charge in [-0.2, -0.15) is 4.98 Å². The van der Waals surface area contributed by atoms with Crippen LogP contribution in [0.2, 0.25) is 0 Å². The molecule has 0 radical (unpaired) electrons. The normalized spacial score (nSPS) is 16.3. The summed E-state index contributed by atoms with van der Waals surface area (Å²) >= 11 is 3.40. The Bertz CT molecular complexity index is 601. The summed E-state index contributed by atoms with van der Waals surface area (Å²) in [7, 11) is 0. The van der Waals surface area contributed by atoms with Gasteiger partial charge in [-0.1, -0.05) is 22.4 Å². The zero-order chi connectivity index (χ0) is 11.1. The van der Waals surface area contributed by atoms with E-state index in [0.717, 1.165) is 21.1 Å². The molecule has 1 aromatic heterocycles. The lowest BCUT2D eigenvalue weighted by Crippen LogP contribution is -2.19. The number of aromatic amines is 1. The molecular formula is C12H11BrN2O. The number of rotatable bonds is 1. The van der Waals surface area contributed by atoms with E-state index in [1.165, 1.54) is 19.3 Å². The van der Waals surface area contributed by atoms with Gasteiger partial charge < -0.3 is 4.98 Å². The standard InChI is InChI=1S/C12H11BrN2O/c13-8-4-5-9-10(6-8)14-12(16)15-11(9)7-2-1-3-7/h4-7H,1-3H2,(H,14,15,16). The van der Waals surface area contributed by atoms with Crippen LogP contribution >= 0.6 is 15.9 Å². The molecule has 0 unspecified atom stereocenters. The van der Waals surface area contributed by atoms with Crippen LogP contribution in [0.25, 0.3) is 10.9 Å². The molecular weight excluding hydrogens is 268 g/mol. The minimum absolute atomic E-state index is 0.243. The van der Waals surface area contributed by atoms with E-state index in [1.54, 1.807) is 0 Å². The first-order valence-electron chi connectivity index (χ1n) is 5.43. The molecule has 1 aliphatic rings. The van der Waals surface area contributed by atoms with Gasteiger partial charge in [0.15, 0.2) is 0 Å². The highest BCUT2D eigenvalue weighted by Gasteiger charge is 2.22. The van der Waals surface area contributed by atoms with Crippen LogP contribution in [0.5, 0.6) is 0 Å². The van der Waals surface area contributed by atoms with Crippen LogP contribution in [0.1, 0.15) is 30.9 Å². The number of hydrogen-bond acceptors (Lipinski definition) is 2. The van der Waals surface area contributed by atoms with E-state index >= 15 is 0 Å². The Morgan fingerprint density at radius 2 is 2.19 bits per heavy atom. The lowest BCUT2D eigenvalue weighted by molar-refractivity contribution is 0.413. The Morgan fingerprint density at radius 1 is 1.38 bits per heavy atom. The quantitative estimate of drug-likeness (QED) is 0.872. The fourth-order valence-corrected chi connectivity index (χ4v) is 2.51. The molecule has 3 rings (SSSR count). The number of H-pyrrole nitrogens is 1. The second kappa shape index (κ2) is 3.70. The molecule has 1 saturated carbocycles. The molecule has 1 heterocycles. The van der Waals surface area contributed by atoms with Crippen LogP contribution in [-0.4, -0.2) is 9.97 Å². The zero-order valence-corrected chi connectivity index (χ0v) is 10.3. The van der Waals surface area contributed by atoms with Crippen molar-refractivity contribution in [3.63, 3.8) is 0 Å². The van der Waals surface area contributed by atoms with Crippen molar-refractivity contribution in [1.82, 2.24) is 9.97 Å². The van der Waals surface area contributed by atoms with Gasteiger partial charge in [-0.15, -0.1) is 0 Å². The summed E-state index contributed by atoms with van der Waals surface area (Å²) in [6.45, 7) is 0. The Morgan fingerprint density at radius 3 is 2.88 bits per heavy atom. The van der Waals surface area contributed by atoms with E-state index in [2.05, 4.69) is 25.9 Å². The molecule has 0 saturated heterocycles. The zero-order valence-electron chi connectivity index (χ0n) is 8.66. The molecule has 1 aromatic carbocycles. The summed E-state index contributed by atoms with van der Waals surface area (Å²) in [6, 6.07) is 5.91. The average molecular weight is 279 g/mol. The second-order valence-electron chi connectivity index (χ2n) is 4.24. The highest BCUT2D eigenvalue weighted by atomic mass is 79.9. The monoisotopic (exact) mass is 278 g/mol. The predicted octanol–water partition coefficient (Wildman–Crippen LogP) is 2.95. The smallest absolute Gasteiger partial charge is 0.309 e. The first-order valence-corrected chi connectivity index (χ1v) is 6.23. The van der Waals surface area contributed by atoms with Crippen LogP contribution in [0.15, 0.2) is 27.5 Å². The fourth-order valence-electron chi connectivity index (χ4n) is 2.16. The number of nitrogens with one attached hydrogen (secondary N) is 1. The summed E-state index contributed by atoms with van der Waals surface area (Å²) in [5, 5.41) is 1.08. The van der Waals surface area contributed by atoms with Crippen LogP contribution in [0, 0.1) is 0 Å². The van der Waals surface area contributed by atoms with Crippen molar-refractivity contribution >= 4 is 26.8 Å². The maximum Gasteiger partial charge on any atom is 0.345 e. The molecule has 0 atom stereocenters. The molecule has 16 heavy (non-hydrogen) atoms. The van der Waals surface area contributed by atoms with Crippen molar-refractivity contribution in [2.24, 2.45) is 0 Å². The molecule has 0 amide bonds. The third-order valence-corrected chi connectivity index (χ3v) is 3.72. The van der Waals surface area contributed by atoms with Gasteiger partial charge in [0.05, 0.1) is 5.52 Å². The summed E-state index contributed by atoms with van der Waals surface area (Å²) in [5.74, 6) is 0.513. The van der Waals surface area contributed by atoms with Gasteiger partial charge in [-0.05, 0) is 37.0 Å². The summed E-state index contributed by atoms with van der Waals surface area (Å²) in [6.07, 6.45) is 3.60. The van der Waals surface area contributed by atoms with Gasteiger partial charge in [0.2, 0.25) is 0 Å². The number of halogens is 1. The Labute approximate surface area is 101 Å². The predicted molar refractivity (Wildman–Crippen MR) is 66.7 cm³/mol. The second-order valence-corrected chi connectivity index (χ2v) is 5.16. The maximum atomic E-state index is 11.5. The van der Waals surface area contributed by atoms with Crippen molar-refractivity contribution in [2.45, 2.75) is 25.2 Å². The highest BCUT2D eigenvalue weighted by molar-refractivity contribution is 9.10. The minimum atomic E-state index is -0.243. The molecule has 2 aromatic rings. The maximum absolute atomic E-state index is 11.5. The van der Waals surface area contributed by atoms with E-state index in [-0.39, 0.29) is 5.69 Å². The number of nitrogens with zero attached hydrogens (tertiary/aromatic N) is 1. The SMILES string of the molecule is O=c1nc2cc(Br)ccc2c(C2CCC2)[nH]1. The van der Waals surface area contributed by atoms with Gasteiger partial charge in [-0.25, -0.2) is 4.79 Å². The molecule has 0 aliphatic heterocycles. The number of benzene rings is 1. The van der Waals surface area contributed by atoms with Crippen LogP contribution < -0.4 is 5.69 Å². The largest absolute Gasteiger partial charge is 0.345 e. The molecule has 3 nitrogen and oxygen atoms in total. The van der Waals surface area contributed by atoms with E-state index in [9.17, 15) is 4.79 Å². The Balaban J connectivity index is 2.29. The van der Waals surface area contributed by atoms with E-state index < -0.39 is 0 Å². The molecule has 0 spiro atoms. The third-order valence-electron chi connectivity index (χ3n) is 3.23. The number of fused-ring (bicyclic) bond motifs is 1. The van der Waals surface area contributed by atoms with Crippen LogP contribution in [-0.2, 0) is 0 Å². The van der Waals surface area contributed by atoms with Crippen LogP contribution in [0.3, 0.4) is 0 Å². The van der Waals surface area contributed by atoms with Gasteiger partial charge in [0, 0.05) is 15.6 Å². The Kier molecular flexibility index (Phi) is 2.32. The van der Waals surface area contributed by atoms with Gasteiger partial charge >= 0.3 is 5.69 Å². The van der Waals surface area contributed by atoms with Gasteiger partial charge in [-0.3, -0.25) is 0 Å². The average Bonchev–Trinajstić information content (AvgIpc) is 2.13. The fraction of sp³-hybridized carbons (Fsp3) is 0.333. The molecule has 0 bridgehead atoms. The molecule has 1 N–H and O–H groups in total. The van der Waals surface area contributed by atoms with Gasteiger partial charge in [0.1, 0.15) is 0 Å². The van der Waals surface area contributed by atoms with Crippen molar-refractivity contribution < 1.29 is 0 Å². The third kappa shape index (κ3) is 1.57. The Hall–Kier alpha value is -1.16. The van der Waals surface area contributed by atoms with E-state index in [4.69, 9.17) is 0 Å². The highest BCUT2D eigenvalue weighted by Crippen LogP contribution is 2.37. The van der Waals surface area contributed by atoms with Crippen molar-refractivity contribution in [2.75, 3.05) is 0 Å². The van der Waals surface area contributed by atoms with E-state index in [1.807, 2.05) is 18.2 Å². The van der Waals surface area contributed by atoms with Crippen LogP contribution in [0.4, 0.5) is 0 Å². The van der Waals surface area contributed by atoms with Gasteiger partial charge in [0.25, 0.3) is 0 Å². The molecule has 1 fully saturated rings. The summed E-state index contributed by atoms with van der Waals surface area (Å²) in [5.41, 5.74) is 1.60. The molecule has 82 valence electrons. The van der Waals surface area contributed by atoms with Crippen molar-refractivity contribution in [1.29, 1.82) is 0 Å². The topological polar surface area (TPSA) is 45.8 Å². The van der Waals surface area contributed by atoms with Crippen molar-refractivity contribution in [3.05, 3.63) is 38.9 Å². The molecule has 4 heteroatoms. The van der Waals surface area contributed by atoms with Crippen molar-refractivity contribution in [3.8, 4) is 0 Å². The summed E-state index contributed by atoms with van der Waals surface area (Å²) in [4.78, 5) is 18.4. The first-order chi connectivity index (χ1) is 7.74. The number of hydrogen-bond donors (Lipinski definition) is 1. The lowest BCUT2D eigenvalue weighted by atomic mass is 9.81. The number of aromatic nitrogens is 2. The lowest BCUT2D eigenvalue weighted by Gasteiger charge is -2.26. The van der Waals surface area contributed by atoms with E-state index in [0.29, 0.717) is 5.92 Å². The summed E-state index contributed by atoms with van der Waals surface area (Å²) < 4.78 is 0.956. The molecule has 1 aliphatic carbocycles. The first kappa shape index (κ1) is 10.0. The minimum Gasteiger partial charge on any atom is -0.309 e.